The van der Waals surface area contributed by atoms with Gasteiger partial charge in [-0.15, -0.1) is 0 Å². The fourth-order valence-electron chi connectivity index (χ4n) is 2.88. The number of aryl methyl sites for hydroxylation is 2. The van der Waals surface area contributed by atoms with E-state index < -0.39 is 0 Å². The number of thiocarbonyl (C=S) groups is 1. The van der Waals surface area contributed by atoms with Crippen LogP contribution in [-0.4, -0.2) is 16.9 Å². The molecular weight excluding hydrogens is 268 g/mol. The van der Waals surface area contributed by atoms with Crippen LogP contribution in [-0.2, 0) is 11.2 Å². The Morgan fingerprint density at radius 2 is 2.25 bits per heavy atom. The first-order valence-electron chi connectivity index (χ1n) is 7.20. The van der Waals surface area contributed by atoms with E-state index in [4.69, 9.17) is 18.0 Å². The summed E-state index contributed by atoms with van der Waals surface area (Å²) in [5.74, 6) is 0.271. The molecule has 3 N–H and O–H groups in total. The van der Waals surface area contributed by atoms with E-state index in [1.165, 1.54) is 11.1 Å². The van der Waals surface area contributed by atoms with Crippen molar-refractivity contribution >= 4 is 23.1 Å². The molecule has 1 aliphatic carbocycles. The number of hydrogen-bond acceptors (Lipinski definition) is 2. The molecule has 0 aliphatic heterocycles. The third-order valence-corrected chi connectivity index (χ3v) is 4.25. The van der Waals surface area contributed by atoms with Crippen LogP contribution >= 0.6 is 12.2 Å². The Kier molecular flexibility index (Phi) is 5.12. The molecule has 1 aliphatic rings. The second kappa shape index (κ2) is 6.84. The van der Waals surface area contributed by atoms with Gasteiger partial charge >= 0.3 is 0 Å². The van der Waals surface area contributed by atoms with Crippen LogP contribution in [0.25, 0.3) is 0 Å². The summed E-state index contributed by atoms with van der Waals surface area (Å²) in [7, 11) is 0. The molecule has 0 bridgehead atoms. The zero-order chi connectivity index (χ0) is 14.5. The van der Waals surface area contributed by atoms with Gasteiger partial charge in [0.15, 0.2) is 0 Å². The van der Waals surface area contributed by atoms with Crippen molar-refractivity contribution in [3.05, 3.63) is 35.4 Å². The third-order valence-electron chi connectivity index (χ3n) is 3.95. The zero-order valence-corrected chi connectivity index (χ0v) is 12.7. The van der Waals surface area contributed by atoms with E-state index in [9.17, 15) is 4.79 Å². The van der Waals surface area contributed by atoms with Crippen LogP contribution in [0.2, 0.25) is 0 Å². The lowest BCUT2D eigenvalue weighted by Crippen LogP contribution is -2.41. The van der Waals surface area contributed by atoms with E-state index in [1.807, 2.05) is 6.07 Å². The lowest BCUT2D eigenvalue weighted by atomic mass is 10.0. The Morgan fingerprint density at radius 3 is 2.95 bits per heavy atom. The van der Waals surface area contributed by atoms with Crippen LogP contribution in [0.15, 0.2) is 24.3 Å². The van der Waals surface area contributed by atoms with Crippen LogP contribution in [0.4, 0.5) is 0 Å². The monoisotopic (exact) mass is 290 g/mol. The molecule has 2 atom stereocenters. The zero-order valence-electron chi connectivity index (χ0n) is 11.9. The van der Waals surface area contributed by atoms with Crippen molar-refractivity contribution in [2.24, 2.45) is 11.7 Å². The van der Waals surface area contributed by atoms with Crippen molar-refractivity contribution in [3.63, 3.8) is 0 Å². The number of nitrogens with one attached hydrogen (secondary N) is 1. The van der Waals surface area contributed by atoms with Gasteiger partial charge in [0, 0.05) is 18.4 Å². The molecule has 20 heavy (non-hydrogen) atoms. The van der Waals surface area contributed by atoms with Crippen LogP contribution in [0.1, 0.15) is 36.8 Å². The number of carbonyl (C=O) groups excluding carboxylic acids is 1. The van der Waals surface area contributed by atoms with Crippen molar-refractivity contribution in [3.8, 4) is 0 Å². The quantitative estimate of drug-likeness (QED) is 0.819. The fraction of sp³-hybridized carbons (Fsp3) is 0.500. The maximum Gasteiger partial charge on any atom is 0.220 e. The molecule has 0 aromatic heterocycles. The molecule has 1 aromatic rings. The second-order valence-electron chi connectivity index (χ2n) is 5.60. The van der Waals surface area contributed by atoms with Gasteiger partial charge in [-0.1, -0.05) is 48.5 Å². The largest absolute Gasteiger partial charge is 0.393 e. The summed E-state index contributed by atoms with van der Waals surface area (Å²) in [6.07, 6.45) is 4.36. The molecule has 3 nitrogen and oxygen atoms in total. The van der Waals surface area contributed by atoms with E-state index in [1.54, 1.807) is 0 Å². The number of rotatable bonds is 5. The molecular formula is C16H22N2OS. The SMILES string of the molecule is Cc1cccc(CCC(=O)NC2CCCC2C(N)=S)c1. The van der Waals surface area contributed by atoms with Gasteiger partial charge in [-0.25, -0.2) is 0 Å². The van der Waals surface area contributed by atoms with Crippen LogP contribution in [0, 0.1) is 12.8 Å². The van der Waals surface area contributed by atoms with Gasteiger partial charge in [0.1, 0.15) is 0 Å². The lowest BCUT2D eigenvalue weighted by Gasteiger charge is -2.19. The molecule has 0 spiro atoms. The molecule has 0 heterocycles. The minimum atomic E-state index is 0.0969. The molecule has 108 valence electrons. The molecule has 0 saturated heterocycles. The number of nitrogens with two attached hydrogens (primary N) is 1. The molecule has 1 saturated carbocycles. The van der Waals surface area contributed by atoms with Gasteiger partial charge in [-0.3, -0.25) is 4.79 Å². The normalized spacial score (nSPS) is 21.6. The van der Waals surface area contributed by atoms with Crippen molar-refractivity contribution in [2.45, 2.75) is 45.1 Å². The standard InChI is InChI=1S/C16H22N2OS/c1-11-4-2-5-12(10-11)8-9-15(19)18-14-7-3-6-13(14)16(17)20/h2,4-5,10,13-14H,3,6-9H2,1H3,(H2,17,20)(H,18,19). The summed E-state index contributed by atoms with van der Waals surface area (Å²) in [4.78, 5) is 12.6. The summed E-state index contributed by atoms with van der Waals surface area (Å²) in [6.45, 7) is 2.06. The fourth-order valence-corrected chi connectivity index (χ4v) is 3.16. The summed E-state index contributed by atoms with van der Waals surface area (Å²) in [6, 6.07) is 8.42. The average Bonchev–Trinajstić information content (AvgIpc) is 2.85. The maximum atomic E-state index is 12.0. The third kappa shape index (κ3) is 4.04. The summed E-state index contributed by atoms with van der Waals surface area (Å²) < 4.78 is 0. The van der Waals surface area contributed by atoms with Crippen LogP contribution in [0.3, 0.4) is 0 Å². The highest BCUT2D eigenvalue weighted by atomic mass is 32.1. The van der Waals surface area contributed by atoms with Gasteiger partial charge in [0.25, 0.3) is 0 Å². The molecule has 0 radical (unpaired) electrons. The number of carbonyl (C=O) groups is 1. The van der Waals surface area contributed by atoms with Gasteiger partial charge in [-0.2, -0.15) is 0 Å². The van der Waals surface area contributed by atoms with Crippen LogP contribution < -0.4 is 11.1 Å². The summed E-state index contributed by atoms with van der Waals surface area (Å²) in [5, 5.41) is 3.09. The molecule has 4 heteroatoms. The predicted molar refractivity (Wildman–Crippen MR) is 85.6 cm³/mol. The molecule has 1 fully saturated rings. The van der Waals surface area contributed by atoms with E-state index in [-0.39, 0.29) is 17.9 Å². The topological polar surface area (TPSA) is 55.1 Å². The first kappa shape index (κ1) is 15.0. The minimum absolute atomic E-state index is 0.0969. The second-order valence-corrected chi connectivity index (χ2v) is 6.07. The van der Waals surface area contributed by atoms with Gasteiger partial charge in [0.05, 0.1) is 4.99 Å². The van der Waals surface area contributed by atoms with Crippen molar-refractivity contribution in [2.75, 3.05) is 0 Å². The number of amides is 1. The molecule has 1 amide bonds. The highest BCUT2D eigenvalue weighted by molar-refractivity contribution is 7.80. The number of hydrogen-bond donors (Lipinski definition) is 2. The minimum Gasteiger partial charge on any atom is -0.393 e. The number of benzene rings is 1. The Morgan fingerprint density at radius 1 is 1.45 bits per heavy atom. The Balaban J connectivity index is 1.82. The van der Waals surface area contributed by atoms with E-state index in [0.29, 0.717) is 11.4 Å². The van der Waals surface area contributed by atoms with Crippen molar-refractivity contribution in [1.29, 1.82) is 0 Å². The Labute approximate surface area is 125 Å². The molecule has 1 aromatic carbocycles. The smallest absolute Gasteiger partial charge is 0.220 e. The van der Waals surface area contributed by atoms with Gasteiger partial charge in [-0.05, 0) is 31.7 Å². The van der Waals surface area contributed by atoms with E-state index in [0.717, 1.165) is 25.7 Å². The van der Waals surface area contributed by atoms with Crippen molar-refractivity contribution in [1.82, 2.24) is 5.32 Å². The van der Waals surface area contributed by atoms with Crippen LogP contribution in [0.5, 0.6) is 0 Å². The Hall–Kier alpha value is -1.42. The maximum absolute atomic E-state index is 12.0. The highest BCUT2D eigenvalue weighted by Crippen LogP contribution is 2.26. The molecule has 2 rings (SSSR count). The highest BCUT2D eigenvalue weighted by Gasteiger charge is 2.30. The van der Waals surface area contributed by atoms with E-state index in [2.05, 4.69) is 30.4 Å². The summed E-state index contributed by atoms with van der Waals surface area (Å²) in [5.41, 5.74) is 8.16. The van der Waals surface area contributed by atoms with Gasteiger partial charge < -0.3 is 11.1 Å². The van der Waals surface area contributed by atoms with E-state index >= 15 is 0 Å². The molecule has 2 unspecified atom stereocenters. The lowest BCUT2D eigenvalue weighted by molar-refractivity contribution is -0.121. The van der Waals surface area contributed by atoms with Crippen molar-refractivity contribution < 1.29 is 4.79 Å². The first-order valence-corrected chi connectivity index (χ1v) is 7.61. The predicted octanol–water partition coefficient (Wildman–Crippen LogP) is 2.50. The average molecular weight is 290 g/mol. The summed E-state index contributed by atoms with van der Waals surface area (Å²) >= 11 is 5.07. The first-order chi connectivity index (χ1) is 9.56. The Bertz CT molecular complexity index is 501. The van der Waals surface area contributed by atoms with Gasteiger partial charge in [0.2, 0.25) is 5.91 Å².